The number of carbonyl (C=O) groups excluding carboxylic acids is 2. The molecule has 4 aromatic rings. The predicted octanol–water partition coefficient (Wildman–Crippen LogP) is 3.79. The molecule has 0 aliphatic carbocycles. The van der Waals surface area contributed by atoms with E-state index in [0.717, 1.165) is 18.7 Å². The molecule has 1 aliphatic heterocycles. The summed E-state index contributed by atoms with van der Waals surface area (Å²) in [6, 6.07) is 20.2. The summed E-state index contributed by atoms with van der Waals surface area (Å²) in [6.07, 6.45) is 1.66. The van der Waals surface area contributed by atoms with Crippen LogP contribution in [-0.4, -0.2) is 21.3 Å². The molecule has 0 N–H and O–H groups in total. The predicted molar refractivity (Wildman–Crippen MR) is 116 cm³/mol. The molecule has 0 spiro atoms. The lowest BCUT2D eigenvalue weighted by atomic mass is 10.0. The Balaban J connectivity index is 1.36. The van der Waals surface area contributed by atoms with Crippen molar-refractivity contribution in [1.29, 1.82) is 0 Å². The number of fused-ring (bicyclic) bond motifs is 2. The fourth-order valence-electron chi connectivity index (χ4n) is 3.81. The molecule has 31 heavy (non-hydrogen) atoms. The highest BCUT2D eigenvalue weighted by molar-refractivity contribution is 6.09. The largest absolute Gasteiger partial charge is 0.423 e. The Labute approximate surface area is 177 Å². The lowest BCUT2D eigenvalue weighted by Gasteiger charge is -2.08. The lowest BCUT2D eigenvalue weighted by Crippen LogP contribution is -2.21. The van der Waals surface area contributed by atoms with Crippen molar-refractivity contribution in [3.05, 3.63) is 106 Å². The molecule has 6 heteroatoms. The van der Waals surface area contributed by atoms with Crippen LogP contribution in [0.4, 0.5) is 0 Å². The number of rotatable bonds is 4. The highest BCUT2D eigenvalue weighted by Gasteiger charge is 2.18. The van der Waals surface area contributed by atoms with E-state index in [0.29, 0.717) is 39.9 Å². The summed E-state index contributed by atoms with van der Waals surface area (Å²) in [5.41, 5.74) is 1.84. The summed E-state index contributed by atoms with van der Waals surface area (Å²) in [7, 11) is 0. The van der Waals surface area contributed by atoms with Gasteiger partial charge < -0.3 is 4.74 Å². The Hall–Kier alpha value is -4.06. The molecule has 0 radical (unpaired) electrons. The van der Waals surface area contributed by atoms with Crippen LogP contribution in [0.25, 0.3) is 10.9 Å². The second kappa shape index (κ2) is 7.65. The number of hydrogen-bond donors (Lipinski definition) is 0. The quantitative estimate of drug-likeness (QED) is 0.291. The molecule has 0 unspecified atom stereocenters. The van der Waals surface area contributed by atoms with Gasteiger partial charge in [-0.25, -0.2) is 9.78 Å². The second-order valence-electron chi connectivity index (χ2n) is 7.43. The van der Waals surface area contributed by atoms with Gasteiger partial charge in [0.25, 0.3) is 5.56 Å². The van der Waals surface area contributed by atoms with Crippen LogP contribution in [0.3, 0.4) is 0 Å². The van der Waals surface area contributed by atoms with Gasteiger partial charge in [-0.15, -0.1) is 0 Å². The van der Waals surface area contributed by atoms with Gasteiger partial charge >= 0.3 is 5.97 Å². The summed E-state index contributed by atoms with van der Waals surface area (Å²) < 4.78 is 7.14. The minimum absolute atomic E-state index is 0.0731. The monoisotopic (exact) mass is 410 g/mol. The van der Waals surface area contributed by atoms with Crippen molar-refractivity contribution in [1.82, 2.24) is 9.55 Å². The fourth-order valence-corrected chi connectivity index (χ4v) is 3.81. The number of carbonyl (C=O) groups is 2. The van der Waals surface area contributed by atoms with Crippen molar-refractivity contribution >= 4 is 22.7 Å². The van der Waals surface area contributed by atoms with Crippen LogP contribution < -0.4 is 10.3 Å². The smallest absolute Gasteiger partial charge is 0.343 e. The van der Waals surface area contributed by atoms with Crippen LogP contribution >= 0.6 is 0 Å². The molecular weight excluding hydrogens is 392 g/mol. The highest BCUT2D eigenvalue weighted by atomic mass is 16.5. The third-order valence-electron chi connectivity index (χ3n) is 5.42. The minimum Gasteiger partial charge on any atom is -0.423 e. The first-order chi connectivity index (χ1) is 15.1. The summed E-state index contributed by atoms with van der Waals surface area (Å²) >= 11 is 0. The number of nitrogens with zero attached hydrogens (tertiary/aromatic N) is 2. The first-order valence-electron chi connectivity index (χ1n) is 10.1. The van der Waals surface area contributed by atoms with Crippen molar-refractivity contribution in [2.24, 2.45) is 0 Å². The van der Waals surface area contributed by atoms with Crippen LogP contribution in [0.2, 0.25) is 0 Å². The number of esters is 1. The van der Waals surface area contributed by atoms with Crippen molar-refractivity contribution in [3.8, 4) is 5.75 Å². The minimum atomic E-state index is -0.550. The van der Waals surface area contributed by atoms with Crippen molar-refractivity contribution in [2.75, 3.05) is 0 Å². The third-order valence-corrected chi connectivity index (χ3v) is 5.42. The highest BCUT2D eigenvalue weighted by Crippen LogP contribution is 2.19. The summed E-state index contributed by atoms with van der Waals surface area (Å²) in [4.78, 5) is 42.2. The Morgan fingerprint density at radius 2 is 1.58 bits per heavy atom. The molecule has 152 valence electrons. The van der Waals surface area contributed by atoms with E-state index in [-0.39, 0.29) is 11.3 Å². The standard InChI is InChI=1S/C25H18N2O4/c28-23(16-5-2-1-3-6-16)17-8-11-19(12-9-17)31-25(30)18-10-13-20-21(15-18)26-22-7-4-14-27(22)24(20)29/h1-3,5-6,8-13,15H,4,7,14H2. The molecule has 0 saturated carbocycles. The Morgan fingerprint density at radius 1 is 0.871 bits per heavy atom. The number of aryl methyl sites for hydroxylation is 1. The normalized spacial score (nSPS) is 12.5. The maximum Gasteiger partial charge on any atom is 0.343 e. The summed E-state index contributed by atoms with van der Waals surface area (Å²) in [5.74, 6) is 0.433. The number of ether oxygens (including phenoxy) is 1. The van der Waals surface area contributed by atoms with Gasteiger partial charge in [-0.2, -0.15) is 0 Å². The maximum absolute atomic E-state index is 12.6. The SMILES string of the molecule is O=C(Oc1ccc(C(=O)c2ccccc2)cc1)c1ccc2c(=O)n3c(nc2c1)CCC3. The van der Waals surface area contributed by atoms with Gasteiger partial charge in [-0.1, -0.05) is 30.3 Å². The second-order valence-corrected chi connectivity index (χ2v) is 7.43. The molecule has 0 saturated heterocycles. The van der Waals surface area contributed by atoms with Crippen LogP contribution in [-0.2, 0) is 13.0 Å². The number of ketones is 1. The fraction of sp³-hybridized carbons (Fsp3) is 0.120. The van der Waals surface area contributed by atoms with E-state index >= 15 is 0 Å². The van der Waals surface area contributed by atoms with Crippen molar-refractivity contribution < 1.29 is 14.3 Å². The Bertz CT molecular complexity index is 1370. The molecule has 0 atom stereocenters. The van der Waals surface area contributed by atoms with E-state index in [9.17, 15) is 14.4 Å². The number of hydrogen-bond acceptors (Lipinski definition) is 5. The van der Waals surface area contributed by atoms with E-state index in [1.165, 1.54) is 0 Å². The van der Waals surface area contributed by atoms with E-state index in [4.69, 9.17) is 4.74 Å². The van der Waals surface area contributed by atoms with Gasteiger partial charge in [0.1, 0.15) is 11.6 Å². The van der Waals surface area contributed by atoms with E-state index < -0.39 is 5.97 Å². The summed E-state index contributed by atoms with van der Waals surface area (Å²) in [6.45, 7) is 0.684. The maximum atomic E-state index is 12.6. The molecule has 3 aromatic carbocycles. The summed E-state index contributed by atoms with van der Waals surface area (Å²) in [5, 5.41) is 0.492. The average molecular weight is 410 g/mol. The topological polar surface area (TPSA) is 78.3 Å². The lowest BCUT2D eigenvalue weighted by molar-refractivity contribution is 0.0735. The molecule has 0 amide bonds. The first-order valence-corrected chi connectivity index (χ1v) is 10.1. The molecule has 5 rings (SSSR count). The van der Waals surface area contributed by atoms with Gasteiger partial charge in [-0.05, 0) is 48.9 Å². The van der Waals surface area contributed by atoms with E-state index in [1.54, 1.807) is 59.2 Å². The average Bonchev–Trinajstić information content (AvgIpc) is 3.28. The zero-order chi connectivity index (χ0) is 21.4. The van der Waals surface area contributed by atoms with Crippen LogP contribution in [0.15, 0.2) is 77.6 Å². The Morgan fingerprint density at radius 3 is 2.35 bits per heavy atom. The number of benzene rings is 3. The molecule has 0 bridgehead atoms. The molecule has 6 nitrogen and oxygen atoms in total. The van der Waals surface area contributed by atoms with Gasteiger partial charge in [0.2, 0.25) is 0 Å². The Kier molecular flexibility index (Phi) is 4.67. The van der Waals surface area contributed by atoms with E-state index in [1.807, 2.05) is 18.2 Å². The molecule has 1 aliphatic rings. The van der Waals surface area contributed by atoms with Crippen LogP contribution in [0.5, 0.6) is 5.75 Å². The van der Waals surface area contributed by atoms with Crippen LogP contribution in [0, 0.1) is 0 Å². The zero-order valence-corrected chi connectivity index (χ0v) is 16.6. The van der Waals surface area contributed by atoms with Crippen LogP contribution in [0.1, 0.15) is 38.5 Å². The third kappa shape index (κ3) is 3.53. The van der Waals surface area contributed by atoms with Gasteiger partial charge in [0, 0.05) is 24.1 Å². The number of aromatic nitrogens is 2. The zero-order valence-electron chi connectivity index (χ0n) is 16.6. The van der Waals surface area contributed by atoms with E-state index in [2.05, 4.69) is 4.98 Å². The molecule has 2 heterocycles. The first kappa shape index (κ1) is 18.9. The van der Waals surface area contributed by atoms with Crippen molar-refractivity contribution in [3.63, 3.8) is 0 Å². The molecular formula is C25H18N2O4. The van der Waals surface area contributed by atoms with Gasteiger partial charge in [0.05, 0.1) is 16.5 Å². The molecule has 1 aromatic heterocycles. The van der Waals surface area contributed by atoms with Gasteiger partial charge in [-0.3, -0.25) is 14.2 Å². The molecule has 0 fully saturated rings. The van der Waals surface area contributed by atoms with Gasteiger partial charge in [0.15, 0.2) is 5.78 Å². The van der Waals surface area contributed by atoms with Crippen molar-refractivity contribution in [2.45, 2.75) is 19.4 Å².